The molecule has 132 valence electrons. The van der Waals surface area contributed by atoms with E-state index in [2.05, 4.69) is 5.32 Å². The number of carbonyl (C=O) groups is 1. The van der Waals surface area contributed by atoms with Crippen LogP contribution in [0.25, 0.3) is 0 Å². The number of benzene rings is 2. The number of nitrogens with one attached hydrogen (secondary N) is 1. The summed E-state index contributed by atoms with van der Waals surface area (Å²) in [4.78, 5) is 12.8. The molecule has 0 radical (unpaired) electrons. The highest BCUT2D eigenvalue weighted by Crippen LogP contribution is 2.24. The van der Waals surface area contributed by atoms with Crippen LogP contribution in [0.5, 0.6) is 5.75 Å². The van der Waals surface area contributed by atoms with Gasteiger partial charge in [-0.05, 0) is 30.3 Å². The molecule has 0 spiro atoms. The normalized spacial score (nSPS) is 17.2. The number of nitrogens with two attached hydrogens (primary N) is 2. The van der Waals surface area contributed by atoms with Gasteiger partial charge in [0, 0.05) is 25.1 Å². The summed E-state index contributed by atoms with van der Waals surface area (Å²) < 4.78 is 11.5. The number of ether oxygens (including phenoxy) is 2. The molecule has 1 unspecified atom stereocenters. The predicted molar refractivity (Wildman–Crippen MR) is 97.9 cm³/mol. The van der Waals surface area contributed by atoms with E-state index in [0.717, 1.165) is 26.1 Å². The number of carbonyl (C=O) groups excluding carboxylic acids is 1. The maximum atomic E-state index is 12.8. The second kappa shape index (κ2) is 8.00. The summed E-state index contributed by atoms with van der Waals surface area (Å²) in [7, 11) is 0. The van der Waals surface area contributed by atoms with Crippen molar-refractivity contribution in [3.63, 3.8) is 0 Å². The lowest BCUT2D eigenvalue weighted by Gasteiger charge is -2.23. The Bertz CT molecular complexity index is 742. The quantitative estimate of drug-likeness (QED) is 0.548. The first-order valence-electron chi connectivity index (χ1n) is 8.39. The first kappa shape index (κ1) is 17.3. The zero-order valence-corrected chi connectivity index (χ0v) is 14.0. The Hall–Kier alpha value is -2.57. The molecule has 0 saturated carbocycles. The Balaban J connectivity index is 1.69. The first-order valence-corrected chi connectivity index (χ1v) is 8.39. The molecule has 0 aromatic heterocycles. The van der Waals surface area contributed by atoms with Crippen molar-refractivity contribution in [2.45, 2.75) is 12.5 Å². The minimum atomic E-state index is -0.141. The van der Waals surface area contributed by atoms with Gasteiger partial charge in [-0.1, -0.05) is 12.1 Å². The largest absolute Gasteiger partial charge is 0.493 e. The minimum absolute atomic E-state index is 0.141. The molecule has 2 aromatic carbocycles. The second-order valence-electron chi connectivity index (χ2n) is 6.00. The maximum absolute atomic E-state index is 12.8. The van der Waals surface area contributed by atoms with Crippen molar-refractivity contribution in [1.29, 1.82) is 0 Å². The Morgan fingerprint density at radius 1 is 1.20 bits per heavy atom. The van der Waals surface area contributed by atoms with Crippen LogP contribution in [-0.4, -0.2) is 38.2 Å². The third-order valence-corrected chi connectivity index (χ3v) is 4.18. The molecule has 2 aromatic rings. The molecule has 0 amide bonds. The van der Waals surface area contributed by atoms with Crippen molar-refractivity contribution >= 4 is 17.2 Å². The van der Waals surface area contributed by atoms with E-state index < -0.39 is 0 Å². The van der Waals surface area contributed by atoms with E-state index in [0.29, 0.717) is 34.9 Å². The van der Waals surface area contributed by atoms with Crippen molar-refractivity contribution in [2.24, 2.45) is 0 Å². The lowest BCUT2D eigenvalue weighted by Crippen LogP contribution is -2.39. The van der Waals surface area contributed by atoms with E-state index >= 15 is 0 Å². The Labute approximate surface area is 147 Å². The van der Waals surface area contributed by atoms with Crippen molar-refractivity contribution in [1.82, 2.24) is 5.32 Å². The summed E-state index contributed by atoms with van der Waals surface area (Å²) in [6.07, 6.45) is 0.915. The number of ketones is 1. The Kier molecular flexibility index (Phi) is 5.53. The molecule has 0 aliphatic carbocycles. The average molecular weight is 341 g/mol. The molecule has 1 atom stereocenters. The summed E-state index contributed by atoms with van der Waals surface area (Å²) in [5.41, 5.74) is 13.4. The molecule has 3 rings (SSSR count). The fourth-order valence-corrected chi connectivity index (χ4v) is 2.76. The molecule has 25 heavy (non-hydrogen) atoms. The topological polar surface area (TPSA) is 99.6 Å². The fourth-order valence-electron chi connectivity index (χ4n) is 2.76. The summed E-state index contributed by atoms with van der Waals surface area (Å²) in [5.74, 6) is 0.421. The molecule has 1 fully saturated rings. The monoisotopic (exact) mass is 341 g/mol. The van der Waals surface area contributed by atoms with Gasteiger partial charge in [0.1, 0.15) is 5.75 Å². The van der Waals surface area contributed by atoms with Gasteiger partial charge in [-0.25, -0.2) is 0 Å². The highest BCUT2D eigenvalue weighted by molar-refractivity contribution is 6.11. The van der Waals surface area contributed by atoms with Crippen LogP contribution in [-0.2, 0) is 4.74 Å². The van der Waals surface area contributed by atoms with Crippen LogP contribution < -0.4 is 21.5 Å². The van der Waals surface area contributed by atoms with Gasteiger partial charge in [0.2, 0.25) is 0 Å². The van der Waals surface area contributed by atoms with Crippen LogP contribution in [0.2, 0.25) is 0 Å². The summed E-state index contributed by atoms with van der Waals surface area (Å²) >= 11 is 0. The van der Waals surface area contributed by atoms with Gasteiger partial charge in [-0.2, -0.15) is 0 Å². The Morgan fingerprint density at radius 3 is 2.80 bits per heavy atom. The maximum Gasteiger partial charge on any atom is 0.196 e. The van der Waals surface area contributed by atoms with Crippen LogP contribution in [0, 0.1) is 0 Å². The molecule has 6 heteroatoms. The number of rotatable bonds is 6. The average Bonchev–Trinajstić information content (AvgIpc) is 2.65. The van der Waals surface area contributed by atoms with Crippen molar-refractivity contribution < 1.29 is 14.3 Å². The Morgan fingerprint density at radius 2 is 2.04 bits per heavy atom. The molecular weight excluding hydrogens is 318 g/mol. The van der Waals surface area contributed by atoms with Crippen LogP contribution in [0.15, 0.2) is 42.5 Å². The lowest BCUT2D eigenvalue weighted by molar-refractivity contribution is 0.0158. The SMILES string of the molecule is Nc1ccc(C(=O)c2ccccc2OCCC2CNCCO2)cc1N. The van der Waals surface area contributed by atoms with Gasteiger partial charge in [-0.3, -0.25) is 4.79 Å². The number of hydrogen-bond donors (Lipinski definition) is 3. The van der Waals surface area contributed by atoms with Crippen molar-refractivity contribution in [2.75, 3.05) is 37.8 Å². The number of para-hydroxylation sites is 1. The third kappa shape index (κ3) is 4.29. The van der Waals surface area contributed by atoms with E-state index in [1.54, 1.807) is 30.3 Å². The highest BCUT2D eigenvalue weighted by Gasteiger charge is 2.17. The van der Waals surface area contributed by atoms with Crippen LogP contribution in [0.3, 0.4) is 0 Å². The molecule has 1 heterocycles. The van der Waals surface area contributed by atoms with Crippen molar-refractivity contribution in [3.05, 3.63) is 53.6 Å². The predicted octanol–water partition coefficient (Wildman–Crippen LogP) is 1.84. The lowest BCUT2D eigenvalue weighted by atomic mass is 10.0. The smallest absolute Gasteiger partial charge is 0.196 e. The molecule has 5 N–H and O–H groups in total. The van der Waals surface area contributed by atoms with E-state index in [1.165, 1.54) is 0 Å². The molecule has 1 saturated heterocycles. The van der Waals surface area contributed by atoms with E-state index in [1.807, 2.05) is 12.1 Å². The fraction of sp³-hybridized carbons (Fsp3) is 0.316. The van der Waals surface area contributed by atoms with Crippen LogP contribution in [0.4, 0.5) is 11.4 Å². The van der Waals surface area contributed by atoms with Gasteiger partial charge in [-0.15, -0.1) is 0 Å². The summed E-state index contributed by atoms with van der Waals surface area (Å²) in [5, 5.41) is 3.29. The number of nitrogen functional groups attached to an aromatic ring is 2. The van der Waals surface area contributed by atoms with Gasteiger partial charge >= 0.3 is 0 Å². The second-order valence-corrected chi connectivity index (χ2v) is 6.00. The molecule has 1 aliphatic heterocycles. The first-order chi connectivity index (χ1) is 12.1. The molecule has 0 bridgehead atoms. The molecule has 1 aliphatic rings. The van der Waals surface area contributed by atoms with Gasteiger partial charge in [0.05, 0.1) is 36.3 Å². The van der Waals surface area contributed by atoms with Crippen LogP contribution >= 0.6 is 0 Å². The summed E-state index contributed by atoms with van der Waals surface area (Å²) in [6, 6.07) is 12.1. The standard InChI is InChI=1S/C19H23N3O3/c20-16-6-5-13(11-17(16)21)19(23)15-3-1-2-4-18(15)25-9-7-14-12-22-8-10-24-14/h1-6,11,14,22H,7-10,12,20-21H2. The highest BCUT2D eigenvalue weighted by atomic mass is 16.5. The zero-order chi connectivity index (χ0) is 17.6. The molecular formula is C19H23N3O3. The minimum Gasteiger partial charge on any atom is -0.493 e. The van der Waals surface area contributed by atoms with E-state index in [4.69, 9.17) is 20.9 Å². The van der Waals surface area contributed by atoms with Gasteiger partial charge in [0.15, 0.2) is 5.78 Å². The molecule has 6 nitrogen and oxygen atoms in total. The third-order valence-electron chi connectivity index (χ3n) is 4.18. The summed E-state index contributed by atoms with van der Waals surface area (Å²) in [6.45, 7) is 2.92. The van der Waals surface area contributed by atoms with Crippen molar-refractivity contribution in [3.8, 4) is 5.75 Å². The number of morpholine rings is 1. The number of hydrogen-bond acceptors (Lipinski definition) is 6. The van der Waals surface area contributed by atoms with Gasteiger partial charge < -0.3 is 26.3 Å². The van der Waals surface area contributed by atoms with E-state index in [9.17, 15) is 4.79 Å². The van der Waals surface area contributed by atoms with E-state index in [-0.39, 0.29) is 11.9 Å². The van der Waals surface area contributed by atoms with Gasteiger partial charge in [0.25, 0.3) is 0 Å². The van der Waals surface area contributed by atoms with Crippen LogP contribution in [0.1, 0.15) is 22.3 Å². The zero-order valence-electron chi connectivity index (χ0n) is 14.0. The number of anilines is 2.